The number of benzene rings is 1. The maximum absolute atomic E-state index is 13.4. The molecule has 1 atom stereocenters. The highest BCUT2D eigenvalue weighted by molar-refractivity contribution is 14.0. The molecule has 2 N–H and O–H groups in total. The van der Waals surface area contributed by atoms with Gasteiger partial charge in [-0.05, 0) is 43.6 Å². The van der Waals surface area contributed by atoms with Crippen LogP contribution >= 0.6 is 24.0 Å². The molecule has 1 unspecified atom stereocenters. The van der Waals surface area contributed by atoms with E-state index in [1.54, 1.807) is 7.05 Å². The third kappa shape index (κ3) is 7.99. The minimum absolute atomic E-state index is 0. The van der Waals surface area contributed by atoms with Crippen molar-refractivity contribution in [3.63, 3.8) is 0 Å². The molecule has 0 spiro atoms. The van der Waals surface area contributed by atoms with E-state index < -0.39 is 0 Å². The SMILES string of the molecule is CN=C(NCCN1CCCCC1)NCC(c1ccc(F)cc1)N1CCOCC1.I. The van der Waals surface area contributed by atoms with Crippen molar-refractivity contribution < 1.29 is 9.13 Å². The van der Waals surface area contributed by atoms with Gasteiger partial charge in [0.1, 0.15) is 5.82 Å². The van der Waals surface area contributed by atoms with E-state index in [1.165, 1.54) is 44.5 Å². The van der Waals surface area contributed by atoms with Gasteiger partial charge in [-0.25, -0.2) is 4.39 Å². The van der Waals surface area contributed by atoms with Gasteiger partial charge in [0.25, 0.3) is 0 Å². The fraction of sp³-hybridized carbons (Fsp3) is 0.667. The third-order valence-electron chi connectivity index (χ3n) is 5.60. The summed E-state index contributed by atoms with van der Waals surface area (Å²) in [6.45, 7) is 8.30. The molecular formula is C21H35FIN5O. The monoisotopic (exact) mass is 519 g/mol. The quantitative estimate of drug-likeness (QED) is 0.330. The van der Waals surface area contributed by atoms with Crippen LogP contribution in [0.2, 0.25) is 0 Å². The molecule has 3 rings (SSSR count). The van der Waals surface area contributed by atoms with E-state index in [0.29, 0.717) is 0 Å². The molecule has 1 aromatic carbocycles. The van der Waals surface area contributed by atoms with Crippen molar-refractivity contribution in [2.75, 3.05) is 66.1 Å². The van der Waals surface area contributed by atoms with Crippen LogP contribution in [-0.4, -0.2) is 81.8 Å². The molecule has 29 heavy (non-hydrogen) atoms. The van der Waals surface area contributed by atoms with Gasteiger partial charge in [-0.15, -0.1) is 24.0 Å². The number of guanidine groups is 1. The van der Waals surface area contributed by atoms with Crippen LogP contribution in [0.3, 0.4) is 0 Å². The van der Waals surface area contributed by atoms with Gasteiger partial charge >= 0.3 is 0 Å². The Balaban J connectivity index is 0.00000300. The second-order valence-electron chi connectivity index (χ2n) is 7.50. The predicted octanol–water partition coefficient (Wildman–Crippen LogP) is 2.47. The highest BCUT2D eigenvalue weighted by Gasteiger charge is 2.23. The lowest BCUT2D eigenvalue weighted by molar-refractivity contribution is 0.0170. The van der Waals surface area contributed by atoms with E-state index >= 15 is 0 Å². The van der Waals surface area contributed by atoms with Gasteiger partial charge in [0.15, 0.2) is 5.96 Å². The van der Waals surface area contributed by atoms with E-state index in [-0.39, 0.29) is 35.8 Å². The number of piperidine rings is 1. The Bertz CT molecular complexity index is 604. The van der Waals surface area contributed by atoms with Gasteiger partial charge in [-0.1, -0.05) is 18.6 Å². The molecule has 2 heterocycles. The number of hydrogen-bond donors (Lipinski definition) is 2. The Kier molecular flexibility index (Phi) is 11.2. The van der Waals surface area contributed by atoms with E-state index in [1.807, 2.05) is 12.1 Å². The Labute approximate surface area is 191 Å². The van der Waals surface area contributed by atoms with Crippen molar-refractivity contribution in [1.29, 1.82) is 0 Å². The number of aliphatic imine (C=N–C) groups is 1. The molecule has 0 saturated carbocycles. The van der Waals surface area contributed by atoms with Crippen LogP contribution in [0.5, 0.6) is 0 Å². The highest BCUT2D eigenvalue weighted by atomic mass is 127. The van der Waals surface area contributed by atoms with Gasteiger partial charge in [0.05, 0.1) is 19.3 Å². The third-order valence-corrected chi connectivity index (χ3v) is 5.60. The normalized spacial score (nSPS) is 20.0. The van der Waals surface area contributed by atoms with Gasteiger partial charge in [-0.2, -0.15) is 0 Å². The molecular weight excluding hydrogens is 484 g/mol. The van der Waals surface area contributed by atoms with Gasteiger partial charge in [0.2, 0.25) is 0 Å². The van der Waals surface area contributed by atoms with Crippen molar-refractivity contribution in [2.24, 2.45) is 4.99 Å². The number of rotatable bonds is 7. The standard InChI is InChI=1S/C21H34FN5O.HI/c1-23-21(24-9-12-26-10-3-2-4-11-26)25-17-20(27-13-15-28-16-14-27)18-5-7-19(22)8-6-18;/h5-8,20H,2-4,9-17H2,1H3,(H2,23,24,25);1H. The average Bonchev–Trinajstić information content (AvgIpc) is 2.75. The predicted molar refractivity (Wildman–Crippen MR) is 127 cm³/mol. The molecule has 0 radical (unpaired) electrons. The zero-order chi connectivity index (χ0) is 19.6. The van der Waals surface area contributed by atoms with Gasteiger partial charge in [-0.3, -0.25) is 9.89 Å². The van der Waals surface area contributed by atoms with Crippen molar-refractivity contribution in [3.8, 4) is 0 Å². The van der Waals surface area contributed by atoms with Gasteiger partial charge in [0, 0.05) is 39.8 Å². The minimum atomic E-state index is -0.201. The molecule has 0 aliphatic carbocycles. The zero-order valence-electron chi connectivity index (χ0n) is 17.4. The lowest BCUT2D eigenvalue weighted by Crippen LogP contribution is -2.47. The number of hydrogen-bond acceptors (Lipinski definition) is 4. The fourth-order valence-corrected chi connectivity index (χ4v) is 3.96. The van der Waals surface area contributed by atoms with Crippen molar-refractivity contribution in [1.82, 2.24) is 20.4 Å². The summed E-state index contributed by atoms with van der Waals surface area (Å²) in [7, 11) is 1.80. The lowest BCUT2D eigenvalue weighted by atomic mass is 10.0. The second-order valence-corrected chi connectivity index (χ2v) is 7.50. The Morgan fingerprint density at radius 2 is 1.76 bits per heavy atom. The maximum atomic E-state index is 13.4. The molecule has 8 heteroatoms. The highest BCUT2D eigenvalue weighted by Crippen LogP contribution is 2.21. The van der Waals surface area contributed by atoms with Crippen molar-refractivity contribution in [3.05, 3.63) is 35.6 Å². The molecule has 2 aliphatic rings. The smallest absolute Gasteiger partial charge is 0.191 e. The van der Waals surface area contributed by atoms with E-state index in [2.05, 4.69) is 25.4 Å². The largest absolute Gasteiger partial charge is 0.379 e. The van der Waals surface area contributed by atoms with E-state index in [0.717, 1.165) is 57.5 Å². The number of likely N-dealkylation sites (tertiary alicyclic amines) is 1. The summed E-state index contributed by atoms with van der Waals surface area (Å²) >= 11 is 0. The number of nitrogens with one attached hydrogen (secondary N) is 2. The second kappa shape index (κ2) is 13.4. The van der Waals surface area contributed by atoms with Crippen LogP contribution in [-0.2, 0) is 4.74 Å². The Morgan fingerprint density at radius 3 is 2.41 bits per heavy atom. The summed E-state index contributed by atoms with van der Waals surface area (Å²) in [5.41, 5.74) is 1.11. The topological polar surface area (TPSA) is 52.1 Å². The first-order valence-electron chi connectivity index (χ1n) is 10.5. The first-order valence-corrected chi connectivity index (χ1v) is 10.5. The van der Waals surface area contributed by atoms with Crippen molar-refractivity contribution in [2.45, 2.75) is 25.3 Å². The van der Waals surface area contributed by atoms with E-state index in [4.69, 9.17) is 4.74 Å². The summed E-state index contributed by atoms with van der Waals surface area (Å²) in [4.78, 5) is 9.27. The molecule has 0 amide bonds. The van der Waals surface area contributed by atoms with Crippen LogP contribution in [0.25, 0.3) is 0 Å². The Morgan fingerprint density at radius 1 is 1.07 bits per heavy atom. The first kappa shape index (κ1) is 24.3. The molecule has 2 fully saturated rings. The first-order chi connectivity index (χ1) is 13.8. The van der Waals surface area contributed by atoms with Crippen LogP contribution in [0.1, 0.15) is 30.9 Å². The maximum Gasteiger partial charge on any atom is 0.191 e. The molecule has 0 bridgehead atoms. The van der Waals surface area contributed by atoms with Crippen LogP contribution in [0.15, 0.2) is 29.3 Å². The zero-order valence-corrected chi connectivity index (χ0v) is 19.7. The summed E-state index contributed by atoms with van der Waals surface area (Å²) in [6, 6.07) is 6.99. The van der Waals surface area contributed by atoms with Crippen LogP contribution in [0, 0.1) is 5.82 Å². The summed E-state index contributed by atoms with van der Waals surface area (Å²) in [6.07, 6.45) is 3.98. The van der Waals surface area contributed by atoms with Crippen LogP contribution in [0.4, 0.5) is 4.39 Å². The van der Waals surface area contributed by atoms with E-state index in [9.17, 15) is 4.39 Å². The molecule has 164 valence electrons. The lowest BCUT2D eigenvalue weighted by Gasteiger charge is -2.35. The molecule has 2 aliphatic heterocycles. The van der Waals surface area contributed by atoms with Crippen molar-refractivity contribution >= 4 is 29.9 Å². The minimum Gasteiger partial charge on any atom is -0.379 e. The molecule has 1 aromatic rings. The van der Waals surface area contributed by atoms with Crippen LogP contribution < -0.4 is 10.6 Å². The summed E-state index contributed by atoms with van der Waals surface area (Å²) in [5, 5.41) is 6.89. The summed E-state index contributed by atoms with van der Waals surface area (Å²) in [5.74, 6) is 0.616. The number of morpholine rings is 1. The number of halogens is 2. The molecule has 2 saturated heterocycles. The summed E-state index contributed by atoms with van der Waals surface area (Å²) < 4.78 is 18.9. The van der Waals surface area contributed by atoms with Gasteiger partial charge < -0.3 is 20.3 Å². The molecule has 0 aromatic heterocycles. The number of nitrogens with zero attached hydrogens (tertiary/aromatic N) is 3. The fourth-order valence-electron chi connectivity index (χ4n) is 3.96. The Hall–Kier alpha value is -0.970. The number of ether oxygens (including phenoxy) is 1. The average molecular weight is 519 g/mol. The molecule has 6 nitrogen and oxygen atoms in total.